The fraction of sp³-hybridized carbons (Fsp3) is 0.889. The molecule has 0 aromatic heterocycles. The molecule has 1 unspecified atom stereocenters. The quantitative estimate of drug-likeness (QED) is 0.701. The molecule has 2 N–H and O–H groups in total. The molecule has 1 fully saturated rings. The Morgan fingerprint density at radius 2 is 1.94 bits per heavy atom. The first kappa shape index (κ1) is 13.6. The van der Waals surface area contributed by atoms with Crippen molar-refractivity contribution < 1.29 is 28.4 Å². The van der Waals surface area contributed by atoms with Gasteiger partial charge in [-0.15, -0.1) is 0 Å². The zero-order chi connectivity index (χ0) is 12.0. The molecule has 0 aromatic carbocycles. The zero-order valence-electron chi connectivity index (χ0n) is 9.00. The molecule has 1 atom stereocenters. The molecule has 1 rings (SSSR count). The number of phosphoric ester groups is 1. The van der Waals surface area contributed by atoms with Crippen molar-refractivity contribution in [3.05, 3.63) is 0 Å². The molecule has 1 aliphatic carbocycles. The lowest BCUT2D eigenvalue weighted by atomic mass is 9.98. The van der Waals surface area contributed by atoms with Crippen LogP contribution in [0.1, 0.15) is 38.5 Å². The molecule has 0 heterocycles. The van der Waals surface area contributed by atoms with E-state index in [1.165, 1.54) is 0 Å². The summed E-state index contributed by atoms with van der Waals surface area (Å²) in [6, 6.07) is 0. The van der Waals surface area contributed by atoms with E-state index < -0.39 is 13.8 Å². The number of carboxylic acid groups (broad SMARTS) is 1. The van der Waals surface area contributed by atoms with E-state index in [1.54, 1.807) is 0 Å². The van der Waals surface area contributed by atoms with Gasteiger partial charge in [0.2, 0.25) is 0 Å². The van der Waals surface area contributed by atoms with Gasteiger partial charge < -0.3 is 10.00 Å². The summed E-state index contributed by atoms with van der Waals surface area (Å²) in [6.45, 7) is -0.310. The number of carbonyl (C=O) groups is 1. The fourth-order valence-corrected chi connectivity index (χ4v) is 2.61. The Balaban J connectivity index is 2.26. The molecule has 1 aliphatic rings. The fourth-order valence-electron chi connectivity index (χ4n) is 1.64. The number of phosphoric acid groups is 1. The Labute approximate surface area is 94.2 Å². The molecule has 0 spiro atoms. The van der Waals surface area contributed by atoms with E-state index in [4.69, 9.17) is 9.63 Å². The van der Waals surface area contributed by atoms with Crippen molar-refractivity contribution in [2.45, 2.75) is 44.6 Å². The van der Waals surface area contributed by atoms with E-state index in [1.807, 2.05) is 0 Å². The van der Waals surface area contributed by atoms with Gasteiger partial charge in [-0.1, -0.05) is 19.3 Å². The van der Waals surface area contributed by atoms with Crippen LogP contribution >= 0.6 is 7.82 Å². The molecule has 1 saturated carbocycles. The van der Waals surface area contributed by atoms with Crippen LogP contribution in [0.25, 0.3) is 0 Å². The van der Waals surface area contributed by atoms with E-state index in [0.29, 0.717) is 0 Å². The normalized spacial score (nSPS) is 21.6. The molecule has 7 heteroatoms. The third-order valence-corrected chi connectivity index (χ3v) is 3.48. The molecule has 16 heavy (non-hydrogen) atoms. The highest BCUT2D eigenvalue weighted by Gasteiger charge is 2.27. The van der Waals surface area contributed by atoms with Crippen molar-refractivity contribution in [2.75, 3.05) is 6.61 Å². The number of hydrogen-bond acceptors (Lipinski definition) is 4. The molecule has 0 bridgehead atoms. The van der Waals surface area contributed by atoms with Gasteiger partial charge in [-0.3, -0.25) is 13.8 Å². The van der Waals surface area contributed by atoms with Crippen LogP contribution < -0.4 is 0 Å². The standard InChI is InChI=1S/C9H17O6P/c10-9(11)6-7-14-16(12,13)15-8-4-2-1-3-5-8/h8H,1-7H2,(H,10,11)(H,12,13). The van der Waals surface area contributed by atoms with Gasteiger partial charge in [-0.25, -0.2) is 4.57 Å². The van der Waals surface area contributed by atoms with E-state index >= 15 is 0 Å². The molecule has 94 valence electrons. The topological polar surface area (TPSA) is 93.1 Å². The molecule has 6 nitrogen and oxygen atoms in total. The molecular weight excluding hydrogens is 235 g/mol. The Morgan fingerprint density at radius 3 is 2.50 bits per heavy atom. The van der Waals surface area contributed by atoms with Gasteiger partial charge >= 0.3 is 13.8 Å². The number of aliphatic carboxylic acids is 1. The second-order valence-corrected chi connectivity index (χ2v) is 5.22. The van der Waals surface area contributed by atoms with Crippen molar-refractivity contribution in [3.8, 4) is 0 Å². The van der Waals surface area contributed by atoms with E-state index in [2.05, 4.69) is 4.52 Å². The van der Waals surface area contributed by atoms with Crippen LogP contribution in [0.15, 0.2) is 0 Å². The first-order valence-corrected chi connectivity index (χ1v) is 6.87. The van der Waals surface area contributed by atoms with Gasteiger partial charge in [0, 0.05) is 0 Å². The predicted molar refractivity (Wildman–Crippen MR) is 56.0 cm³/mol. The Bertz CT molecular complexity index is 273. The molecule has 0 aliphatic heterocycles. The van der Waals surface area contributed by atoms with Gasteiger partial charge in [-0.2, -0.15) is 0 Å². The highest BCUT2D eigenvalue weighted by atomic mass is 31.2. The lowest BCUT2D eigenvalue weighted by molar-refractivity contribution is -0.137. The lowest BCUT2D eigenvalue weighted by Gasteiger charge is -2.23. The zero-order valence-corrected chi connectivity index (χ0v) is 9.90. The predicted octanol–water partition coefficient (Wildman–Crippen LogP) is 1.93. The summed E-state index contributed by atoms with van der Waals surface area (Å²) < 4.78 is 20.9. The summed E-state index contributed by atoms with van der Waals surface area (Å²) in [7, 11) is -4.08. The van der Waals surface area contributed by atoms with Crippen molar-refractivity contribution in [1.29, 1.82) is 0 Å². The largest absolute Gasteiger partial charge is 0.481 e. The van der Waals surface area contributed by atoms with Crippen LogP contribution in [0.3, 0.4) is 0 Å². The van der Waals surface area contributed by atoms with Gasteiger partial charge in [0.1, 0.15) is 0 Å². The van der Waals surface area contributed by atoms with E-state index in [9.17, 15) is 14.3 Å². The molecular formula is C9H17O6P. The van der Waals surface area contributed by atoms with Gasteiger partial charge in [0.05, 0.1) is 19.1 Å². The van der Waals surface area contributed by atoms with E-state index in [0.717, 1.165) is 32.1 Å². The monoisotopic (exact) mass is 252 g/mol. The number of rotatable bonds is 6. The molecule has 0 amide bonds. The van der Waals surface area contributed by atoms with Gasteiger partial charge in [-0.05, 0) is 12.8 Å². The summed E-state index contributed by atoms with van der Waals surface area (Å²) in [5.41, 5.74) is 0. The third-order valence-electron chi connectivity index (χ3n) is 2.40. The first-order chi connectivity index (χ1) is 7.49. The maximum atomic E-state index is 11.4. The molecule has 0 aromatic rings. The minimum absolute atomic E-state index is 0.241. The molecule has 0 radical (unpaired) electrons. The number of carboxylic acids is 1. The van der Waals surface area contributed by atoms with Crippen LogP contribution in [0.4, 0.5) is 0 Å². The van der Waals surface area contributed by atoms with Gasteiger partial charge in [0.15, 0.2) is 0 Å². The van der Waals surface area contributed by atoms with Crippen molar-refractivity contribution in [2.24, 2.45) is 0 Å². The van der Waals surface area contributed by atoms with Gasteiger partial charge in [0.25, 0.3) is 0 Å². The van der Waals surface area contributed by atoms with E-state index in [-0.39, 0.29) is 19.1 Å². The maximum Gasteiger partial charge on any atom is 0.472 e. The molecule has 0 saturated heterocycles. The third kappa shape index (κ3) is 5.61. The summed E-state index contributed by atoms with van der Waals surface area (Å²) in [5.74, 6) is -1.07. The van der Waals surface area contributed by atoms with Crippen LogP contribution in [0, 0.1) is 0 Å². The smallest absolute Gasteiger partial charge is 0.472 e. The van der Waals surface area contributed by atoms with Crippen molar-refractivity contribution in [3.63, 3.8) is 0 Å². The van der Waals surface area contributed by atoms with Crippen LogP contribution in [0.2, 0.25) is 0 Å². The SMILES string of the molecule is O=C(O)CCOP(=O)(O)OC1CCCCC1. The van der Waals surface area contributed by atoms with Crippen molar-refractivity contribution in [1.82, 2.24) is 0 Å². The average molecular weight is 252 g/mol. The lowest BCUT2D eigenvalue weighted by Crippen LogP contribution is -2.16. The summed E-state index contributed by atoms with van der Waals surface area (Å²) in [6.07, 6.45) is 4.06. The Kier molecular flexibility index (Phi) is 5.41. The highest BCUT2D eigenvalue weighted by Crippen LogP contribution is 2.46. The summed E-state index contributed by atoms with van der Waals surface area (Å²) in [4.78, 5) is 19.5. The second kappa shape index (κ2) is 6.35. The second-order valence-electron chi connectivity index (χ2n) is 3.81. The Morgan fingerprint density at radius 1 is 1.31 bits per heavy atom. The maximum absolute atomic E-state index is 11.4. The minimum Gasteiger partial charge on any atom is -0.481 e. The summed E-state index contributed by atoms with van der Waals surface area (Å²) >= 11 is 0. The van der Waals surface area contributed by atoms with Crippen LogP contribution in [-0.2, 0) is 18.4 Å². The summed E-state index contributed by atoms with van der Waals surface area (Å²) in [5, 5.41) is 8.34. The minimum atomic E-state index is -4.08. The highest BCUT2D eigenvalue weighted by molar-refractivity contribution is 7.47. The van der Waals surface area contributed by atoms with Crippen LogP contribution in [-0.4, -0.2) is 28.7 Å². The first-order valence-electron chi connectivity index (χ1n) is 5.37. The number of hydrogen-bond donors (Lipinski definition) is 2. The van der Waals surface area contributed by atoms with Crippen molar-refractivity contribution >= 4 is 13.8 Å². The average Bonchev–Trinajstić information content (AvgIpc) is 2.17. The van der Waals surface area contributed by atoms with Crippen LogP contribution in [0.5, 0.6) is 0 Å². The Hall–Kier alpha value is -0.420.